The summed E-state index contributed by atoms with van der Waals surface area (Å²) in [6, 6.07) is 0. The van der Waals surface area contributed by atoms with E-state index in [1.807, 2.05) is 0 Å². The van der Waals surface area contributed by atoms with E-state index in [1.54, 1.807) is 6.92 Å². The second kappa shape index (κ2) is 9.05. The number of carbonyl (C=O) groups is 1. The standard InChI is InChI=1S/C5H11NO.4ClH.Pt/c1-5(7)3-2-4-6;;;;;/h2-4,6H2,1H3;4*1H;/q;;;;;+4/p-4. The molecule has 0 rings (SSSR count). The van der Waals surface area contributed by atoms with Crippen LogP contribution in [0.1, 0.15) is 19.8 Å². The summed E-state index contributed by atoms with van der Waals surface area (Å²) in [7, 11) is 20.0. The molecule has 0 aromatic rings. The van der Waals surface area contributed by atoms with Crippen LogP contribution < -0.4 is 5.73 Å². The van der Waals surface area contributed by atoms with E-state index in [-0.39, 0.29) is 5.78 Å². The van der Waals surface area contributed by atoms with Gasteiger partial charge >= 0.3 is 49.6 Å². The summed E-state index contributed by atoms with van der Waals surface area (Å²) in [6.07, 6.45) is 1.46. The van der Waals surface area contributed by atoms with Crippen molar-refractivity contribution in [2.75, 3.05) is 6.54 Å². The first-order chi connectivity index (χ1) is 5.27. The van der Waals surface area contributed by atoms with Gasteiger partial charge in [0.15, 0.2) is 0 Å². The molecule has 0 aromatic carbocycles. The summed E-state index contributed by atoms with van der Waals surface area (Å²) < 4.78 is 0. The van der Waals surface area contributed by atoms with Gasteiger partial charge in [-0.2, -0.15) is 0 Å². The third kappa shape index (κ3) is 42.0. The Hall–Kier alpha value is 1.48. The van der Waals surface area contributed by atoms with Crippen molar-refractivity contribution < 1.29 is 16.7 Å². The molecule has 0 saturated carbocycles. The molecule has 0 aliphatic carbocycles. The van der Waals surface area contributed by atoms with Crippen LogP contribution in [0.4, 0.5) is 0 Å². The molecule has 0 aliphatic rings. The van der Waals surface area contributed by atoms with E-state index in [0.29, 0.717) is 13.0 Å². The fourth-order valence-corrected chi connectivity index (χ4v) is 0.351. The number of halogens is 4. The summed E-state index contributed by atoms with van der Waals surface area (Å²) in [5, 5.41) is 0. The third-order valence-corrected chi connectivity index (χ3v) is 0.733. The zero-order chi connectivity index (χ0) is 10.2. The van der Waals surface area contributed by atoms with E-state index >= 15 is 0 Å². The molecule has 7 heteroatoms. The average molecular weight is 438 g/mol. The molecule has 0 amide bonds. The van der Waals surface area contributed by atoms with Crippen molar-refractivity contribution in [2.24, 2.45) is 5.73 Å². The molecule has 0 radical (unpaired) electrons. The molecule has 0 aliphatic heterocycles. The summed E-state index contributed by atoms with van der Waals surface area (Å²) in [5.41, 5.74) is 5.12. The van der Waals surface area contributed by atoms with Crippen LogP contribution in [0.25, 0.3) is 0 Å². The molecular weight excluding hydrogens is 427 g/mol. The first kappa shape index (κ1) is 15.9. The predicted molar refractivity (Wildman–Crippen MR) is 52.4 cm³/mol. The molecule has 12 heavy (non-hydrogen) atoms. The number of rotatable bonds is 3. The van der Waals surface area contributed by atoms with Gasteiger partial charge in [-0.25, -0.2) is 0 Å². The number of carbonyl (C=O) groups excluding carboxylic acids is 1. The molecule has 0 atom stereocenters. The second-order valence-electron chi connectivity index (χ2n) is 1.87. The van der Waals surface area contributed by atoms with Gasteiger partial charge in [-0.05, 0) is 19.9 Å². The minimum absolute atomic E-state index is 0.227. The van der Waals surface area contributed by atoms with Crippen LogP contribution in [0, 0.1) is 0 Å². The number of hydrogen-bond acceptors (Lipinski definition) is 2. The topological polar surface area (TPSA) is 43.1 Å². The number of Topliss-reactive ketones (excluding diaryl/α,β-unsaturated/α-hetero) is 1. The Morgan fingerprint density at radius 1 is 1.33 bits per heavy atom. The van der Waals surface area contributed by atoms with E-state index in [9.17, 15) is 4.79 Å². The van der Waals surface area contributed by atoms with Gasteiger partial charge in [-0.3, -0.25) is 0 Å². The van der Waals surface area contributed by atoms with Gasteiger partial charge in [0.1, 0.15) is 5.78 Å². The fourth-order valence-electron chi connectivity index (χ4n) is 0.351. The van der Waals surface area contributed by atoms with E-state index in [2.05, 4.69) is 0 Å². The number of ketones is 1. The molecule has 80 valence electrons. The van der Waals surface area contributed by atoms with Gasteiger partial charge in [0.05, 0.1) is 0 Å². The predicted octanol–water partition coefficient (Wildman–Crippen LogP) is 3.07. The van der Waals surface area contributed by atoms with Crippen LogP contribution in [0.15, 0.2) is 0 Å². The van der Waals surface area contributed by atoms with Gasteiger partial charge < -0.3 is 10.5 Å². The van der Waals surface area contributed by atoms with Gasteiger partial charge in [-0.15, -0.1) is 0 Å². The average Bonchev–Trinajstić information content (AvgIpc) is 1.79. The van der Waals surface area contributed by atoms with E-state index in [4.69, 9.17) is 43.4 Å². The first-order valence-electron chi connectivity index (χ1n) is 2.94. The third-order valence-electron chi connectivity index (χ3n) is 0.733. The minimum atomic E-state index is -3.06. The molecule has 2 nitrogen and oxygen atoms in total. The zero-order valence-electron chi connectivity index (χ0n) is 6.44. The Morgan fingerprint density at radius 3 is 1.75 bits per heavy atom. The van der Waals surface area contributed by atoms with Gasteiger partial charge in [-0.1, -0.05) is 0 Å². The Labute approximate surface area is 91.6 Å². The van der Waals surface area contributed by atoms with Gasteiger partial charge in [0.2, 0.25) is 0 Å². The zero-order valence-corrected chi connectivity index (χ0v) is 11.7. The maximum atomic E-state index is 10.1. The van der Waals surface area contributed by atoms with E-state index in [1.165, 1.54) is 0 Å². The van der Waals surface area contributed by atoms with Crippen molar-refractivity contribution in [3.63, 3.8) is 0 Å². The Balaban J connectivity index is 0. The monoisotopic (exact) mass is 436 g/mol. The summed E-state index contributed by atoms with van der Waals surface area (Å²) >= 11 is -3.06. The van der Waals surface area contributed by atoms with Crippen molar-refractivity contribution in [2.45, 2.75) is 19.8 Å². The second-order valence-corrected chi connectivity index (χ2v) is 21.6. The molecule has 0 spiro atoms. The van der Waals surface area contributed by atoms with Gasteiger partial charge in [0, 0.05) is 6.42 Å². The molecule has 2 N–H and O–H groups in total. The summed E-state index contributed by atoms with van der Waals surface area (Å²) in [5.74, 6) is 0.227. The molecule has 0 saturated heterocycles. The molecule has 0 unspecified atom stereocenters. The molecular formula is C5H11Cl4NOPt. The van der Waals surface area contributed by atoms with E-state index in [0.717, 1.165) is 6.42 Å². The Bertz CT molecular complexity index is 121. The Kier molecular flexibility index (Phi) is 12.0. The number of nitrogens with two attached hydrogens (primary N) is 1. The summed E-state index contributed by atoms with van der Waals surface area (Å²) in [4.78, 5) is 10.1. The molecule has 0 aromatic heterocycles. The normalized spacial score (nSPS) is 11.5. The maximum absolute atomic E-state index is 10.1. The molecule has 0 heterocycles. The van der Waals surface area contributed by atoms with Crippen molar-refractivity contribution in [1.29, 1.82) is 0 Å². The quantitative estimate of drug-likeness (QED) is 0.737. The van der Waals surface area contributed by atoms with Crippen LogP contribution in [-0.2, 0) is 16.7 Å². The van der Waals surface area contributed by atoms with Gasteiger partial charge in [0.25, 0.3) is 0 Å². The van der Waals surface area contributed by atoms with Crippen LogP contribution in [-0.4, -0.2) is 12.3 Å². The van der Waals surface area contributed by atoms with Crippen LogP contribution in [0.2, 0.25) is 0 Å². The van der Waals surface area contributed by atoms with E-state index < -0.39 is 11.9 Å². The summed E-state index contributed by atoms with van der Waals surface area (Å²) in [6.45, 7) is 2.20. The molecule has 0 fully saturated rings. The van der Waals surface area contributed by atoms with Crippen molar-refractivity contribution >= 4 is 43.5 Å². The van der Waals surface area contributed by atoms with Crippen molar-refractivity contribution in [1.82, 2.24) is 0 Å². The van der Waals surface area contributed by atoms with Crippen LogP contribution in [0.5, 0.6) is 0 Å². The van der Waals surface area contributed by atoms with Crippen molar-refractivity contribution in [3.8, 4) is 0 Å². The number of hydrogen-bond donors (Lipinski definition) is 1. The molecule has 0 bridgehead atoms. The first-order valence-corrected chi connectivity index (χ1v) is 14.2. The SMILES string of the molecule is CC(=O)CCCN.[Cl][Pt]([Cl])([Cl])[Cl]. The Morgan fingerprint density at radius 2 is 1.67 bits per heavy atom. The van der Waals surface area contributed by atoms with Crippen molar-refractivity contribution in [3.05, 3.63) is 0 Å². The fraction of sp³-hybridized carbons (Fsp3) is 0.800. The van der Waals surface area contributed by atoms with Crippen LogP contribution in [0.3, 0.4) is 0 Å². The van der Waals surface area contributed by atoms with Crippen LogP contribution >= 0.6 is 37.7 Å².